The number of hydrogen-bond acceptors (Lipinski definition) is 2. The van der Waals surface area contributed by atoms with Crippen molar-refractivity contribution in [3.63, 3.8) is 0 Å². The maximum Gasteiger partial charge on any atom is 0.0602 e. The van der Waals surface area contributed by atoms with Gasteiger partial charge in [0, 0.05) is 25.5 Å². The first-order valence-corrected chi connectivity index (χ1v) is 6.78. The minimum Gasteiger partial charge on any atom is -0.379 e. The summed E-state index contributed by atoms with van der Waals surface area (Å²) in [6.45, 7) is 5.26. The average molecular weight is 232 g/mol. The van der Waals surface area contributed by atoms with Gasteiger partial charge in [-0.2, -0.15) is 0 Å². The molecule has 0 aromatic heterocycles. The molecule has 0 heterocycles. The number of ether oxygens (including phenoxy) is 1. The molecule has 0 unspecified atom stereocenters. The summed E-state index contributed by atoms with van der Waals surface area (Å²) in [7, 11) is 0. The topological polar surface area (TPSA) is 12.5 Å². The highest BCUT2D eigenvalue weighted by molar-refractivity contribution is 6.17. The van der Waals surface area contributed by atoms with Crippen LogP contribution in [-0.2, 0) is 4.74 Å². The zero-order valence-corrected chi connectivity index (χ0v) is 10.2. The van der Waals surface area contributed by atoms with Gasteiger partial charge in [-0.1, -0.05) is 0 Å². The molecule has 0 radical (unpaired) electrons. The molecule has 0 aliphatic heterocycles. The van der Waals surface area contributed by atoms with Crippen molar-refractivity contribution in [2.45, 2.75) is 25.7 Å². The summed E-state index contributed by atoms with van der Waals surface area (Å²) in [5.74, 6) is 2.61. The van der Waals surface area contributed by atoms with Crippen LogP contribution in [0.25, 0.3) is 0 Å². The summed E-state index contributed by atoms with van der Waals surface area (Å²) in [4.78, 5) is 2.60. The summed E-state index contributed by atoms with van der Waals surface area (Å²) in [6, 6.07) is 0. The quantitative estimate of drug-likeness (QED) is 0.446. The molecule has 88 valence electrons. The largest absolute Gasteiger partial charge is 0.379 e. The van der Waals surface area contributed by atoms with E-state index in [1.165, 1.54) is 38.8 Å². The van der Waals surface area contributed by atoms with Crippen LogP contribution in [0, 0.1) is 11.8 Å². The Morgan fingerprint density at radius 2 is 1.60 bits per heavy atom. The molecule has 3 heteroatoms. The minimum atomic E-state index is 0.616. The summed E-state index contributed by atoms with van der Waals surface area (Å²) >= 11 is 5.57. The van der Waals surface area contributed by atoms with Crippen molar-refractivity contribution in [3.8, 4) is 0 Å². The van der Waals surface area contributed by atoms with Crippen molar-refractivity contribution in [3.05, 3.63) is 0 Å². The van der Waals surface area contributed by atoms with Crippen LogP contribution < -0.4 is 0 Å². The monoisotopic (exact) mass is 231 g/mol. The normalized spacial score (nSPS) is 21.2. The van der Waals surface area contributed by atoms with Gasteiger partial charge in [0.05, 0.1) is 13.2 Å². The summed E-state index contributed by atoms with van der Waals surface area (Å²) in [5, 5.41) is 0. The Hall–Kier alpha value is 0.210. The SMILES string of the molecule is ClCCOCCN(CC1CC1)CC1CC1. The highest BCUT2D eigenvalue weighted by Gasteiger charge is 2.28. The number of rotatable bonds is 9. The number of nitrogens with zero attached hydrogens (tertiary/aromatic N) is 1. The van der Waals surface area contributed by atoms with E-state index in [4.69, 9.17) is 16.3 Å². The minimum absolute atomic E-state index is 0.616. The number of alkyl halides is 1. The van der Waals surface area contributed by atoms with Gasteiger partial charge in [0.2, 0.25) is 0 Å². The lowest BCUT2D eigenvalue weighted by Crippen LogP contribution is -2.31. The molecule has 0 spiro atoms. The first-order chi connectivity index (χ1) is 7.38. The van der Waals surface area contributed by atoms with Crippen LogP contribution in [0.5, 0.6) is 0 Å². The van der Waals surface area contributed by atoms with Gasteiger partial charge in [-0.05, 0) is 37.5 Å². The molecule has 0 bridgehead atoms. The third kappa shape index (κ3) is 5.19. The van der Waals surface area contributed by atoms with Crippen LogP contribution in [0.15, 0.2) is 0 Å². The molecule has 0 N–H and O–H groups in total. The Kier molecular flexibility index (Phi) is 4.73. The fourth-order valence-electron chi connectivity index (χ4n) is 1.94. The van der Waals surface area contributed by atoms with Gasteiger partial charge in [0.1, 0.15) is 0 Å². The smallest absolute Gasteiger partial charge is 0.0602 e. The molecule has 2 nitrogen and oxygen atoms in total. The Labute approximate surface area is 97.9 Å². The van der Waals surface area contributed by atoms with Gasteiger partial charge in [-0.15, -0.1) is 11.6 Å². The summed E-state index contributed by atoms with van der Waals surface area (Å²) in [6.07, 6.45) is 5.79. The van der Waals surface area contributed by atoms with Crippen molar-refractivity contribution in [1.29, 1.82) is 0 Å². The summed E-state index contributed by atoms with van der Waals surface area (Å²) < 4.78 is 5.44. The van der Waals surface area contributed by atoms with Gasteiger partial charge in [-0.3, -0.25) is 0 Å². The molecule has 0 aromatic carbocycles. The highest BCUT2D eigenvalue weighted by atomic mass is 35.5. The van der Waals surface area contributed by atoms with Gasteiger partial charge >= 0.3 is 0 Å². The lowest BCUT2D eigenvalue weighted by atomic mass is 10.3. The Morgan fingerprint density at radius 3 is 2.07 bits per heavy atom. The third-order valence-corrected chi connectivity index (χ3v) is 3.35. The van der Waals surface area contributed by atoms with Crippen molar-refractivity contribution in [2.75, 3.05) is 38.7 Å². The molecule has 2 aliphatic rings. The predicted molar refractivity (Wildman–Crippen MR) is 63.4 cm³/mol. The molecule has 0 amide bonds. The first-order valence-electron chi connectivity index (χ1n) is 6.24. The standard InChI is InChI=1S/C12H22ClNO/c13-5-7-15-8-6-14(9-11-1-2-11)10-12-3-4-12/h11-12H,1-10H2. The van der Waals surface area contributed by atoms with Gasteiger partial charge in [0.15, 0.2) is 0 Å². The van der Waals surface area contributed by atoms with E-state index < -0.39 is 0 Å². The molecule has 0 aromatic rings. The van der Waals surface area contributed by atoms with Gasteiger partial charge in [-0.25, -0.2) is 0 Å². The van der Waals surface area contributed by atoms with Crippen LogP contribution in [-0.4, -0.2) is 43.6 Å². The van der Waals surface area contributed by atoms with Crippen LogP contribution >= 0.6 is 11.6 Å². The zero-order chi connectivity index (χ0) is 10.5. The molecule has 2 fully saturated rings. The van der Waals surface area contributed by atoms with Gasteiger partial charge < -0.3 is 9.64 Å². The van der Waals surface area contributed by atoms with E-state index >= 15 is 0 Å². The second-order valence-electron chi connectivity index (χ2n) is 4.95. The maximum absolute atomic E-state index is 5.57. The van der Waals surface area contributed by atoms with E-state index in [1.807, 2.05) is 0 Å². The van der Waals surface area contributed by atoms with E-state index in [-0.39, 0.29) is 0 Å². The molecule has 2 rings (SSSR count). The van der Waals surface area contributed by atoms with Gasteiger partial charge in [0.25, 0.3) is 0 Å². The molecule has 2 aliphatic carbocycles. The predicted octanol–water partition coefficient (Wildman–Crippen LogP) is 2.36. The Balaban J connectivity index is 1.57. The molecule has 2 saturated carbocycles. The van der Waals surface area contributed by atoms with E-state index in [9.17, 15) is 0 Å². The lowest BCUT2D eigenvalue weighted by Gasteiger charge is -2.21. The van der Waals surface area contributed by atoms with Crippen LogP contribution in [0.4, 0.5) is 0 Å². The van der Waals surface area contributed by atoms with Crippen LogP contribution in [0.1, 0.15) is 25.7 Å². The van der Waals surface area contributed by atoms with Crippen molar-refractivity contribution >= 4 is 11.6 Å². The Bertz CT molecular complexity index is 166. The molecule has 0 saturated heterocycles. The fraction of sp³-hybridized carbons (Fsp3) is 1.00. The third-order valence-electron chi connectivity index (χ3n) is 3.20. The second-order valence-corrected chi connectivity index (χ2v) is 5.33. The molecular weight excluding hydrogens is 210 g/mol. The number of hydrogen-bond donors (Lipinski definition) is 0. The van der Waals surface area contributed by atoms with E-state index in [2.05, 4.69) is 4.90 Å². The fourth-order valence-corrected chi connectivity index (χ4v) is 2.05. The van der Waals surface area contributed by atoms with Crippen molar-refractivity contribution in [2.24, 2.45) is 11.8 Å². The van der Waals surface area contributed by atoms with E-state index in [1.54, 1.807) is 0 Å². The van der Waals surface area contributed by atoms with Crippen molar-refractivity contribution in [1.82, 2.24) is 4.90 Å². The molecule has 15 heavy (non-hydrogen) atoms. The average Bonchev–Trinajstić information content (AvgIpc) is 3.07. The molecule has 0 atom stereocenters. The zero-order valence-electron chi connectivity index (χ0n) is 9.46. The number of halogens is 1. The Morgan fingerprint density at radius 1 is 1.00 bits per heavy atom. The second kappa shape index (κ2) is 6.07. The maximum atomic E-state index is 5.57. The first kappa shape index (κ1) is 11.7. The molecular formula is C12H22ClNO. The van der Waals surface area contributed by atoms with E-state index in [0.717, 1.165) is 25.0 Å². The van der Waals surface area contributed by atoms with Crippen LogP contribution in [0.2, 0.25) is 0 Å². The van der Waals surface area contributed by atoms with E-state index in [0.29, 0.717) is 12.5 Å². The van der Waals surface area contributed by atoms with Crippen LogP contribution in [0.3, 0.4) is 0 Å². The lowest BCUT2D eigenvalue weighted by molar-refractivity contribution is 0.110. The van der Waals surface area contributed by atoms with Crippen molar-refractivity contribution < 1.29 is 4.74 Å². The highest BCUT2D eigenvalue weighted by Crippen LogP contribution is 2.33. The summed E-state index contributed by atoms with van der Waals surface area (Å²) in [5.41, 5.74) is 0.